The second-order valence-electron chi connectivity index (χ2n) is 5.86. The quantitative estimate of drug-likeness (QED) is 0.700. The van der Waals surface area contributed by atoms with Gasteiger partial charge in [0.2, 0.25) is 0 Å². The van der Waals surface area contributed by atoms with E-state index in [1.807, 2.05) is 0 Å². The molecule has 3 nitrogen and oxygen atoms in total. The molecule has 0 radical (unpaired) electrons. The van der Waals surface area contributed by atoms with Crippen LogP contribution in [-0.2, 0) is 5.54 Å². The molecule has 0 saturated carbocycles. The van der Waals surface area contributed by atoms with Crippen LogP contribution >= 0.6 is 0 Å². The lowest BCUT2D eigenvalue weighted by Gasteiger charge is -2.26. The van der Waals surface area contributed by atoms with Crippen LogP contribution in [0.3, 0.4) is 0 Å². The highest BCUT2D eigenvalue weighted by Crippen LogP contribution is 2.44. The number of rotatable bonds is 0. The van der Waals surface area contributed by atoms with Crippen molar-refractivity contribution in [2.45, 2.75) is 44.6 Å². The summed E-state index contributed by atoms with van der Waals surface area (Å²) in [4.78, 5) is 0. The number of aromatic nitrogens is 2. The Kier molecular flexibility index (Phi) is 1.78. The molecule has 1 fully saturated rings. The number of hydrogen-bond donors (Lipinski definition) is 1. The van der Waals surface area contributed by atoms with Crippen molar-refractivity contribution in [2.24, 2.45) is 0 Å². The lowest BCUT2D eigenvalue weighted by Crippen LogP contribution is -2.32. The van der Waals surface area contributed by atoms with E-state index in [-0.39, 0.29) is 5.54 Å². The molecule has 1 aliphatic carbocycles. The van der Waals surface area contributed by atoms with E-state index in [0.29, 0.717) is 5.92 Å². The van der Waals surface area contributed by atoms with Gasteiger partial charge in [0.25, 0.3) is 0 Å². The summed E-state index contributed by atoms with van der Waals surface area (Å²) < 4.78 is 2.24. The summed E-state index contributed by atoms with van der Waals surface area (Å²) in [6, 6.07) is 0. The molecule has 3 heteroatoms. The van der Waals surface area contributed by atoms with Gasteiger partial charge in [-0.3, -0.25) is 4.68 Å². The van der Waals surface area contributed by atoms with Gasteiger partial charge in [0.15, 0.2) is 0 Å². The maximum Gasteiger partial charge on any atom is 0.0546 e. The molecule has 0 amide bonds. The van der Waals surface area contributed by atoms with Crippen molar-refractivity contribution in [1.82, 2.24) is 15.1 Å². The lowest BCUT2D eigenvalue weighted by molar-refractivity contribution is 0.328. The zero-order valence-electron chi connectivity index (χ0n) is 9.75. The Balaban J connectivity index is 2.12. The Bertz CT molecular complexity index is 386. The van der Waals surface area contributed by atoms with Crippen molar-refractivity contribution in [1.29, 1.82) is 0 Å². The normalized spacial score (nSPS) is 29.3. The standard InChI is InChI=1S/C12H19N3/c1-12(2,3)15-11-9-4-8(5-13-6-9)10(11)7-14-15/h7-9,13H,4-6H2,1-3H3/t8?,9-/m0/s1. The van der Waals surface area contributed by atoms with Crippen LogP contribution in [0, 0.1) is 0 Å². The van der Waals surface area contributed by atoms with E-state index < -0.39 is 0 Å². The first-order valence-corrected chi connectivity index (χ1v) is 5.86. The number of fused-ring (bicyclic) bond motifs is 5. The summed E-state index contributed by atoms with van der Waals surface area (Å²) in [6.07, 6.45) is 3.43. The van der Waals surface area contributed by atoms with Crippen LogP contribution < -0.4 is 5.32 Å². The molecular weight excluding hydrogens is 186 g/mol. The van der Waals surface area contributed by atoms with Crippen LogP contribution in [0.5, 0.6) is 0 Å². The predicted octanol–water partition coefficient (Wildman–Crippen LogP) is 1.81. The largest absolute Gasteiger partial charge is 0.315 e. The lowest BCUT2D eigenvalue weighted by atomic mass is 9.98. The fourth-order valence-corrected chi connectivity index (χ4v) is 3.02. The van der Waals surface area contributed by atoms with Crippen LogP contribution in [0.2, 0.25) is 0 Å². The van der Waals surface area contributed by atoms with Gasteiger partial charge < -0.3 is 5.32 Å². The average Bonchev–Trinajstić information content (AvgIpc) is 2.68. The van der Waals surface area contributed by atoms with E-state index in [9.17, 15) is 0 Å². The van der Waals surface area contributed by atoms with E-state index in [1.54, 1.807) is 0 Å². The van der Waals surface area contributed by atoms with Crippen molar-refractivity contribution in [3.05, 3.63) is 17.5 Å². The Hall–Kier alpha value is -0.830. The average molecular weight is 205 g/mol. The minimum atomic E-state index is 0.116. The van der Waals surface area contributed by atoms with E-state index >= 15 is 0 Å². The summed E-state index contributed by atoms with van der Waals surface area (Å²) in [7, 11) is 0. The molecule has 2 heterocycles. The van der Waals surface area contributed by atoms with Gasteiger partial charge in [-0.15, -0.1) is 0 Å². The minimum absolute atomic E-state index is 0.116. The summed E-state index contributed by atoms with van der Waals surface area (Å²) in [5.74, 6) is 1.41. The summed E-state index contributed by atoms with van der Waals surface area (Å²) >= 11 is 0. The van der Waals surface area contributed by atoms with Crippen LogP contribution in [0.25, 0.3) is 0 Å². The molecule has 1 unspecified atom stereocenters. The highest BCUT2D eigenvalue weighted by atomic mass is 15.3. The molecule has 1 saturated heterocycles. The van der Waals surface area contributed by atoms with E-state index in [4.69, 9.17) is 0 Å². The SMILES string of the molecule is CC(C)(C)n1ncc2c1[C@@H]1CNCC2C1. The van der Waals surface area contributed by atoms with Gasteiger partial charge in [-0.25, -0.2) is 0 Å². The van der Waals surface area contributed by atoms with E-state index in [2.05, 4.69) is 42.1 Å². The van der Waals surface area contributed by atoms with Crippen molar-refractivity contribution < 1.29 is 0 Å². The van der Waals surface area contributed by atoms with Gasteiger partial charge in [-0.05, 0) is 32.8 Å². The molecule has 1 aromatic rings. The van der Waals surface area contributed by atoms with Crippen molar-refractivity contribution >= 4 is 0 Å². The summed E-state index contributed by atoms with van der Waals surface area (Å²) in [5.41, 5.74) is 3.11. The Morgan fingerprint density at radius 3 is 2.80 bits per heavy atom. The highest BCUT2D eigenvalue weighted by molar-refractivity contribution is 5.35. The summed E-state index contributed by atoms with van der Waals surface area (Å²) in [6.45, 7) is 8.96. The van der Waals surface area contributed by atoms with E-state index in [1.165, 1.54) is 17.7 Å². The molecule has 2 atom stereocenters. The van der Waals surface area contributed by atoms with Crippen molar-refractivity contribution in [3.8, 4) is 0 Å². The van der Waals surface area contributed by atoms with Crippen LogP contribution in [0.15, 0.2) is 6.20 Å². The van der Waals surface area contributed by atoms with E-state index in [0.717, 1.165) is 19.0 Å². The first-order valence-electron chi connectivity index (χ1n) is 5.86. The third kappa shape index (κ3) is 1.26. The first-order chi connectivity index (χ1) is 7.07. The van der Waals surface area contributed by atoms with Gasteiger partial charge in [-0.1, -0.05) is 0 Å². The Labute approximate surface area is 90.9 Å². The van der Waals surface area contributed by atoms with Crippen LogP contribution in [0.4, 0.5) is 0 Å². The van der Waals surface area contributed by atoms with Crippen molar-refractivity contribution in [2.75, 3.05) is 13.1 Å². The second-order valence-corrected chi connectivity index (χ2v) is 5.86. The predicted molar refractivity (Wildman–Crippen MR) is 60.2 cm³/mol. The van der Waals surface area contributed by atoms with Gasteiger partial charge in [0, 0.05) is 30.6 Å². The molecular formula is C12H19N3. The van der Waals surface area contributed by atoms with Crippen LogP contribution in [0.1, 0.15) is 50.3 Å². The molecule has 0 spiro atoms. The fraction of sp³-hybridized carbons (Fsp3) is 0.750. The highest BCUT2D eigenvalue weighted by Gasteiger charge is 2.39. The number of nitrogens with one attached hydrogen (secondary N) is 1. The van der Waals surface area contributed by atoms with Gasteiger partial charge in [0.1, 0.15) is 0 Å². The Morgan fingerprint density at radius 1 is 1.33 bits per heavy atom. The molecule has 0 aromatic carbocycles. The third-order valence-electron chi connectivity index (χ3n) is 3.65. The Morgan fingerprint density at radius 2 is 2.07 bits per heavy atom. The second kappa shape index (κ2) is 2.85. The minimum Gasteiger partial charge on any atom is -0.315 e. The van der Waals surface area contributed by atoms with Crippen LogP contribution in [-0.4, -0.2) is 22.9 Å². The molecule has 3 rings (SSSR count). The molecule has 2 bridgehead atoms. The number of piperidine rings is 1. The smallest absolute Gasteiger partial charge is 0.0546 e. The summed E-state index contributed by atoms with van der Waals surface area (Å²) in [5, 5.41) is 8.10. The fourth-order valence-electron chi connectivity index (χ4n) is 3.02. The topological polar surface area (TPSA) is 29.9 Å². The third-order valence-corrected chi connectivity index (χ3v) is 3.65. The molecule has 2 aliphatic rings. The molecule has 1 N–H and O–H groups in total. The zero-order chi connectivity index (χ0) is 10.6. The van der Waals surface area contributed by atoms with Crippen molar-refractivity contribution in [3.63, 3.8) is 0 Å². The molecule has 1 aromatic heterocycles. The monoisotopic (exact) mass is 205 g/mol. The molecule has 82 valence electrons. The van der Waals surface area contributed by atoms with Gasteiger partial charge >= 0.3 is 0 Å². The number of hydrogen-bond acceptors (Lipinski definition) is 2. The molecule has 1 aliphatic heterocycles. The zero-order valence-corrected chi connectivity index (χ0v) is 9.75. The number of nitrogens with zero attached hydrogens (tertiary/aromatic N) is 2. The maximum absolute atomic E-state index is 4.58. The molecule has 15 heavy (non-hydrogen) atoms. The first kappa shape index (κ1) is 9.40. The van der Waals surface area contributed by atoms with Gasteiger partial charge in [0.05, 0.1) is 11.7 Å². The van der Waals surface area contributed by atoms with Gasteiger partial charge in [-0.2, -0.15) is 5.10 Å². The maximum atomic E-state index is 4.58.